The van der Waals surface area contributed by atoms with E-state index in [1.54, 1.807) is 7.11 Å². The van der Waals surface area contributed by atoms with Crippen LogP contribution in [0.15, 0.2) is 24.3 Å². The van der Waals surface area contributed by atoms with Gasteiger partial charge in [0.25, 0.3) is 0 Å². The molecule has 1 aromatic rings. The first kappa shape index (κ1) is 12.6. The van der Waals surface area contributed by atoms with E-state index in [1.165, 1.54) is 24.0 Å². The summed E-state index contributed by atoms with van der Waals surface area (Å²) in [7, 11) is 1.78. The van der Waals surface area contributed by atoms with E-state index in [-0.39, 0.29) is 11.6 Å². The topological polar surface area (TPSA) is 21.3 Å². The molecule has 1 aliphatic rings. The lowest BCUT2D eigenvalue weighted by Crippen LogP contribution is -2.34. The molecule has 2 unspecified atom stereocenters. The lowest BCUT2D eigenvalue weighted by Gasteiger charge is -2.28. The number of ether oxygens (including phenoxy) is 1. The molecule has 0 saturated carbocycles. The van der Waals surface area contributed by atoms with Crippen molar-refractivity contribution < 1.29 is 4.74 Å². The van der Waals surface area contributed by atoms with Gasteiger partial charge in [-0.05, 0) is 50.8 Å². The van der Waals surface area contributed by atoms with E-state index in [1.807, 2.05) is 0 Å². The summed E-state index contributed by atoms with van der Waals surface area (Å²) >= 11 is 0. The van der Waals surface area contributed by atoms with Gasteiger partial charge in [-0.15, -0.1) is 0 Å². The highest BCUT2D eigenvalue weighted by molar-refractivity contribution is 5.34. The SMILES string of the molecule is COC(C)Cc1ccccc1C1(C)CCCN1. The predicted octanol–water partition coefficient (Wildman–Crippen LogP) is 2.86. The van der Waals surface area contributed by atoms with Crippen molar-refractivity contribution in [2.24, 2.45) is 0 Å². The van der Waals surface area contributed by atoms with Crippen LogP contribution in [0.25, 0.3) is 0 Å². The van der Waals surface area contributed by atoms with Crippen molar-refractivity contribution in [2.45, 2.75) is 44.8 Å². The summed E-state index contributed by atoms with van der Waals surface area (Å²) < 4.78 is 5.38. The summed E-state index contributed by atoms with van der Waals surface area (Å²) in [4.78, 5) is 0. The highest BCUT2D eigenvalue weighted by Crippen LogP contribution is 2.33. The average molecular weight is 233 g/mol. The monoisotopic (exact) mass is 233 g/mol. The van der Waals surface area contributed by atoms with Gasteiger partial charge in [-0.2, -0.15) is 0 Å². The quantitative estimate of drug-likeness (QED) is 0.863. The molecular weight excluding hydrogens is 210 g/mol. The molecule has 1 aromatic carbocycles. The molecule has 1 heterocycles. The molecule has 1 fully saturated rings. The van der Waals surface area contributed by atoms with E-state index in [0.29, 0.717) is 0 Å². The minimum Gasteiger partial charge on any atom is -0.381 e. The first-order chi connectivity index (χ1) is 8.15. The first-order valence-corrected chi connectivity index (χ1v) is 6.52. The van der Waals surface area contributed by atoms with Crippen molar-refractivity contribution in [1.82, 2.24) is 5.32 Å². The lowest BCUT2D eigenvalue weighted by atomic mass is 9.85. The van der Waals surface area contributed by atoms with Crippen molar-refractivity contribution >= 4 is 0 Å². The van der Waals surface area contributed by atoms with E-state index in [0.717, 1.165) is 13.0 Å². The Bertz CT molecular complexity index is 369. The van der Waals surface area contributed by atoms with Crippen LogP contribution in [0.2, 0.25) is 0 Å². The number of methoxy groups -OCH3 is 1. The van der Waals surface area contributed by atoms with Gasteiger partial charge in [0.1, 0.15) is 0 Å². The van der Waals surface area contributed by atoms with Gasteiger partial charge >= 0.3 is 0 Å². The molecule has 1 saturated heterocycles. The van der Waals surface area contributed by atoms with Gasteiger partial charge in [0.05, 0.1) is 6.10 Å². The molecule has 0 amide bonds. The van der Waals surface area contributed by atoms with Crippen molar-refractivity contribution in [3.63, 3.8) is 0 Å². The van der Waals surface area contributed by atoms with Gasteiger partial charge in [-0.25, -0.2) is 0 Å². The smallest absolute Gasteiger partial charge is 0.0583 e. The second-order valence-corrected chi connectivity index (χ2v) is 5.27. The van der Waals surface area contributed by atoms with Crippen LogP contribution in [-0.2, 0) is 16.7 Å². The minimum absolute atomic E-state index is 0.157. The molecule has 2 rings (SSSR count). The third kappa shape index (κ3) is 2.70. The normalized spacial score (nSPS) is 26.1. The maximum atomic E-state index is 5.38. The van der Waals surface area contributed by atoms with Crippen molar-refractivity contribution in [3.05, 3.63) is 35.4 Å². The summed E-state index contributed by atoms with van der Waals surface area (Å²) in [5, 5.41) is 3.64. The fourth-order valence-electron chi connectivity index (χ4n) is 2.75. The second-order valence-electron chi connectivity index (χ2n) is 5.27. The highest BCUT2D eigenvalue weighted by atomic mass is 16.5. The van der Waals surface area contributed by atoms with Crippen LogP contribution < -0.4 is 5.32 Å². The number of rotatable bonds is 4. The molecule has 2 atom stereocenters. The van der Waals surface area contributed by atoms with Crippen LogP contribution in [0.1, 0.15) is 37.8 Å². The summed E-state index contributed by atoms with van der Waals surface area (Å²) in [6.07, 6.45) is 3.76. The summed E-state index contributed by atoms with van der Waals surface area (Å²) in [6, 6.07) is 8.76. The van der Waals surface area contributed by atoms with Crippen molar-refractivity contribution in [1.29, 1.82) is 0 Å². The number of hydrogen-bond acceptors (Lipinski definition) is 2. The molecule has 2 nitrogen and oxygen atoms in total. The third-order valence-corrected chi connectivity index (χ3v) is 3.89. The first-order valence-electron chi connectivity index (χ1n) is 6.52. The fraction of sp³-hybridized carbons (Fsp3) is 0.600. The van der Waals surface area contributed by atoms with E-state index in [9.17, 15) is 0 Å². The molecule has 94 valence electrons. The van der Waals surface area contributed by atoms with Crippen LogP contribution in [0.5, 0.6) is 0 Å². The molecule has 0 aromatic heterocycles. The Morgan fingerprint density at radius 1 is 1.41 bits per heavy atom. The third-order valence-electron chi connectivity index (χ3n) is 3.89. The van der Waals surface area contributed by atoms with Crippen molar-refractivity contribution in [2.75, 3.05) is 13.7 Å². The number of benzene rings is 1. The van der Waals surface area contributed by atoms with Crippen LogP contribution in [0, 0.1) is 0 Å². The summed E-state index contributed by atoms with van der Waals surface area (Å²) in [6.45, 7) is 5.57. The number of nitrogens with one attached hydrogen (secondary N) is 1. The Morgan fingerprint density at radius 2 is 2.18 bits per heavy atom. The molecule has 0 radical (unpaired) electrons. The van der Waals surface area contributed by atoms with Crippen LogP contribution >= 0.6 is 0 Å². The minimum atomic E-state index is 0.157. The van der Waals surface area contributed by atoms with Gasteiger partial charge in [-0.3, -0.25) is 0 Å². The van der Waals surface area contributed by atoms with E-state index < -0.39 is 0 Å². The zero-order valence-electron chi connectivity index (χ0n) is 11.1. The largest absolute Gasteiger partial charge is 0.381 e. The second kappa shape index (κ2) is 5.19. The van der Waals surface area contributed by atoms with Gasteiger partial charge in [0, 0.05) is 12.6 Å². The van der Waals surface area contributed by atoms with Crippen LogP contribution in [0.4, 0.5) is 0 Å². The standard InChI is InChI=1S/C15H23NO/c1-12(17-3)11-13-7-4-5-8-14(13)15(2)9-6-10-16-15/h4-5,7-8,12,16H,6,9-11H2,1-3H3. The van der Waals surface area contributed by atoms with Gasteiger partial charge in [0.15, 0.2) is 0 Å². The van der Waals surface area contributed by atoms with Crippen molar-refractivity contribution in [3.8, 4) is 0 Å². The summed E-state index contributed by atoms with van der Waals surface area (Å²) in [5.41, 5.74) is 3.02. The molecule has 0 spiro atoms. The Balaban J connectivity index is 2.27. The zero-order valence-corrected chi connectivity index (χ0v) is 11.1. The maximum absolute atomic E-state index is 5.38. The molecule has 17 heavy (non-hydrogen) atoms. The Hall–Kier alpha value is -0.860. The van der Waals surface area contributed by atoms with E-state index in [2.05, 4.69) is 43.4 Å². The predicted molar refractivity (Wildman–Crippen MR) is 71.2 cm³/mol. The highest BCUT2D eigenvalue weighted by Gasteiger charge is 2.31. The Morgan fingerprint density at radius 3 is 2.82 bits per heavy atom. The Labute approximate surface area is 104 Å². The molecule has 1 aliphatic heterocycles. The molecular formula is C15H23NO. The lowest BCUT2D eigenvalue weighted by molar-refractivity contribution is 0.118. The van der Waals surface area contributed by atoms with Crippen LogP contribution in [-0.4, -0.2) is 19.8 Å². The molecule has 0 aliphatic carbocycles. The molecule has 0 bridgehead atoms. The maximum Gasteiger partial charge on any atom is 0.0583 e. The van der Waals surface area contributed by atoms with Crippen LogP contribution in [0.3, 0.4) is 0 Å². The zero-order chi connectivity index (χ0) is 12.3. The number of hydrogen-bond donors (Lipinski definition) is 1. The molecule has 2 heteroatoms. The van der Waals surface area contributed by atoms with E-state index in [4.69, 9.17) is 4.74 Å². The van der Waals surface area contributed by atoms with Gasteiger partial charge in [0.2, 0.25) is 0 Å². The molecule has 1 N–H and O–H groups in total. The Kier molecular flexibility index (Phi) is 3.85. The summed E-state index contributed by atoms with van der Waals surface area (Å²) in [5.74, 6) is 0. The van der Waals surface area contributed by atoms with Gasteiger partial charge in [-0.1, -0.05) is 24.3 Å². The average Bonchev–Trinajstić information content (AvgIpc) is 2.78. The fourth-order valence-corrected chi connectivity index (χ4v) is 2.75. The van der Waals surface area contributed by atoms with E-state index >= 15 is 0 Å². The van der Waals surface area contributed by atoms with Gasteiger partial charge < -0.3 is 10.1 Å².